The maximum Gasteiger partial charge on any atom is 0.320 e. The first kappa shape index (κ1) is 12.1. The minimum absolute atomic E-state index is 0.0617. The zero-order valence-corrected chi connectivity index (χ0v) is 9.54. The van der Waals surface area contributed by atoms with E-state index in [2.05, 4.69) is 15.6 Å². The molecule has 1 unspecified atom stereocenters. The first-order valence-corrected chi connectivity index (χ1v) is 5.43. The fourth-order valence-corrected chi connectivity index (χ4v) is 1.37. The molecule has 0 aromatic carbocycles. The van der Waals surface area contributed by atoms with E-state index in [0.717, 1.165) is 0 Å². The van der Waals surface area contributed by atoms with Crippen LogP contribution in [-0.2, 0) is 0 Å². The average Bonchev–Trinajstić information content (AvgIpc) is 2.91. The Kier molecular flexibility index (Phi) is 3.93. The van der Waals surface area contributed by atoms with Crippen molar-refractivity contribution >= 4 is 11.8 Å². The van der Waals surface area contributed by atoms with Gasteiger partial charge in [-0.25, -0.2) is 9.78 Å². The lowest BCUT2D eigenvalue weighted by molar-refractivity contribution is 0.149. The van der Waals surface area contributed by atoms with E-state index in [1.165, 1.54) is 6.26 Å². The molecule has 0 fully saturated rings. The molecule has 2 heterocycles. The Labute approximate surface area is 104 Å². The number of hydrogen-bond acceptors (Lipinski definition) is 4. The number of urea groups is 1. The van der Waals surface area contributed by atoms with E-state index in [1.54, 1.807) is 36.5 Å². The van der Waals surface area contributed by atoms with Gasteiger partial charge < -0.3 is 14.8 Å². The highest BCUT2D eigenvalue weighted by Crippen LogP contribution is 2.11. The van der Waals surface area contributed by atoms with Gasteiger partial charge in [0.1, 0.15) is 17.7 Å². The van der Waals surface area contributed by atoms with E-state index in [0.29, 0.717) is 11.6 Å². The lowest BCUT2D eigenvalue weighted by Crippen LogP contribution is -2.32. The van der Waals surface area contributed by atoms with Crippen LogP contribution < -0.4 is 10.6 Å². The number of nitrogens with zero attached hydrogens (tertiary/aromatic N) is 1. The summed E-state index contributed by atoms with van der Waals surface area (Å²) in [5, 5.41) is 14.7. The van der Waals surface area contributed by atoms with Crippen molar-refractivity contribution in [3.63, 3.8) is 0 Å². The van der Waals surface area contributed by atoms with Crippen LogP contribution in [0.4, 0.5) is 10.6 Å². The van der Waals surface area contributed by atoms with E-state index < -0.39 is 12.1 Å². The monoisotopic (exact) mass is 247 g/mol. The molecule has 94 valence electrons. The number of furan rings is 1. The third-order valence-corrected chi connectivity index (χ3v) is 2.23. The van der Waals surface area contributed by atoms with Crippen molar-refractivity contribution in [2.24, 2.45) is 0 Å². The molecule has 18 heavy (non-hydrogen) atoms. The van der Waals surface area contributed by atoms with Crippen LogP contribution in [0.1, 0.15) is 11.9 Å². The van der Waals surface area contributed by atoms with Crippen molar-refractivity contribution in [1.82, 2.24) is 10.3 Å². The Morgan fingerprint density at radius 2 is 2.28 bits per heavy atom. The summed E-state index contributed by atoms with van der Waals surface area (Å²) in [7, 11) is 0. The molecule has 0 radical (unpaired) electrons. The summed E-state index contributed by atoms with van der Waals surface area (Å²) in [4.78, 5) is 15.4. The van der Waals surface area contributed by atoms with Gasteiger partial charge in [0.25, 0.3) is 0 Å². The molecule has 0 aliphatic carbocycles. The summed E-state index contributed by atoms with van der Waals surface area (Å²) in [6.45, 7) is 0.0617. The fraction of sp³-hybridized carbons (Fsp3) is 0.167. The molecular formula is C12H13N3O3. The molecule has 6 heteroatoms. The number of aromatic nitrogens is 1. The van der Waals surface area contributed by atoms with Gasteiger partial charge in [-0.3, -0.25) is 5.32 Å². The van der Waals surface area contributed by atoms with Crippen molar-refractivity contribution in [3.8, 4) is 0 Å². The summed E-state index contributed by atoms with van der Waals surface area (Å²) >= 11 is 0. The van der Waals surface area contributed by atoms with E-state index in [-0.39, 0.29) is 6.54 Å². The number of aliphatic hydroxyl groups is 1. The van der Waals surface area contributed by atoms with Crippen LogP contribution in [-0.4, -0.2) is 22.7 Å². The first-order chi connectivity index (χ1) is 8.75. The van der Waals surface area contributed by atoms with Gasteiger partial charge in [0, 0.05) is 6.20 Å². The molecule has 3 N–H and O–H groups in total. The molecule has 0 saturated carbocycles. The van der Waals surface area contributed by atoms with Crippen molar-refractivity contribution in [1.29, 1.82) is 0 Å². The maximum atomic E-state index is 11.5. The average molecular weight is 247 g/mol. The Hall–Kier alpha value is -2.34. The number of nitrogens with one attached hydrogen (secondary N) is 2. The summed E-state index contributed by atoms with van der Waals surface area (Å²) in [6.07, 6.45) is 2.18. The van der Waals surface area contributed by atoms with Crippen LogP contribution in [0.2, 0.25) is 0 Å². The Balaban J connectivity index is 1.79. The summed E-state index contributed by atoms with van der Waals surface area (Å²) in [5.41, 5.74) is 0. The summed E-state index contributed by atoms with van der Waals surface area (Å²) in [5.74, 6) is 0.857. The van der Waals surface area contributed by atoms with Gasteiger partial charge in [-0.15, -0.1) is 0 Å². The molecule has 0 bridgehead atoms. The van der Waals surface area contributed by atoms with Gasteiger partial charge in [0.05, 0.1) is 12.8 Å². The minimum Gasteiger partial charge on any atom is -0.467 e. The molecular weight excluding hydrogens is 234 g/mol. The molecule has 2 rings (SSSR count). The molecule has 1 atom stereocenters. The van der Waals surface area contributed by atoms with E-state index in [4.69, 9.17) is 4.42 Å². The number of hydrogen-bond donors (Lipinski definition) is 3. The van der Waals surface area contributed by atoms with Crippen LogP contribution in [0.15, 0.2) is 47.2 Å². The van der Waals surface area contributed by atoms with Crippen LogP contribution >= 0.6 is 0 Å². The second kappa shape index (κ2) is 5.83. The SMILES string of the molecule is O=C(NCC(O)c1ccco1)Nc1ccccn1. The van der Waals surface area contributed by atoms with Gasteiger partial charge in [0.15, 0.2) is 0 Å². The number of carbonyl (C=O) groups is 1. The zero-order chi connectivity index (χ0) is 12.8. The topological polar surface area (TPSA) is 87.4 Å². The number of anilines is 1. The Bertz CT molecular complexity index is 485. The zero-order valence-electron chi connectivity index (χ0n) is 9.54. The molecule has 2 amide bonds. The number of carbonyl (C=O) groups excluding carboxylic acids is 1. The highest BCUT2D eigenvalue weighted by molar-refractivity contribution is 5.88. The first-order valence-electron chi connectivity index (χ1n) is 5.43. The van der Waals surface area contributed by atoms with Crippen molar-refractivity contribution in [2.45, 2.75) is 6.10 Å². The second-order valence-electron chi connectivity index (χ2n) is 3.58. The number of pyridine rings is 1. The maximum absolute atomic E-state index is 11.5. The normalized spacial score (nSPS) is 11.8. The van der Waals surface area contributed by atoms with Gasteiger partial charge >= 0.3 is 6.03 Å². The van der Waals surface area contributed by atoms with Gasteiger partial charge in [0.2, 0.25) is 0 Å². The third-order valence-electron chi connectivity index (χ3n) is 2.23. The van der Waals surface area contributed by atoms with Crippen molar-refractivity contribution in [3.05, 3.63) is 48.6 Å². The Morgan fingerprint density at radius 3 is 2.94 bits per heavy atom. The predicted molar refractivity (Wildman–Crippen MR) is 64.9 cm³/mol. The van der Waals surface area contributed by atoms with Gasteiger partial charge in [-0.05, 0) is 24.3 Å². The quantitative estimate of drug-likeness (QED) is 0.764. The lowest BCUT2D eigenvalue weighted by atomic mass is 10.3. The number of rotatable bonds is 4. The second-order valence-corrected chi connectivity index (χ2v) is 3.58. The third kappa shape index (κ3) is 3.33. The van der Waals surface area contributed by atoms with E-state index in [1.807, 2.05) is 0 Å². The highest BCUT2D eigenvalue weighted by Gasteiger charge is 2.11. The highest BCUT2D eigenvalue weighted by atomic mass is 16.4. The van der Waals surface area contributed by atoms with E-state index in [9.17, 15) is 9.90 Å². The fourth-order valence-electron chi connectivity index (χ4n) is 1.37. The molecule has 0 aliphatic heterocycles. The largest absolute Gasteiger partial charge is 0.467 e. The van der Waals surface area contributed by atoms with Gasteiger partial charge in [-0.2, -0.15) is 0 Å². The molecule has 6 nitrogen and oxygen atoms in total. The number of aliphatic hydroxyl groups excluding tert-OH is 1. The van der Waals surface area contributed by atoms with Crippen molar-refractivity contribution < 1.29 is 14.3 Å². The predicted octanol–water partition coefficient (Wildman–Crippen LogP) is 1.53. The molecule has 0 saturated heterocycles. The van der Waals surface area contributed by atoms with Crippen LogP contribution in [0.25, 0.3) is 0 Å². The number of amides is 2. The standard InChI is InChI=1S/C12H13N3O3/c16-9(10-4-3-7-18-10)8-14-12(17)15-11-5-1-2-6-13-11/h1-7,9,16H,8H2,(H2,13,14,15,17). The minimum atomic E-state index is -0.866. The molecule has 2 aromatic rings. The molecule has 0 spiro atoms. The smallest absolute Gasteiger partial charge is 0.320 e. The van der Waals surface area contributed by atoms with Crippen LogP contribution in [0.5, 0.6) is 0 Å². The molecule has 2 aromatic heterocycles. The summed E-state index contributed by atoms with van der Waals surface area (Å²) < 4.78 is 5.01. The Morgan fingerprint density at radius 1 is 1.39 bits per heavy atom. The van der Waals surface area contributed by atoms with E-state index >= 15 is 0 Å². The molecule has 0 aliphatic rings. The van der Waals surface area contributed by atoms with Crippen molar-refractivity contribution in [2.75, 3.05) is 11.9 Å². The van der Waals surface area contributed by atoms with Crippen LogP contribution in [0, 0.1) is 0 Å². The van der Waals surface area contributed by atoms with Crippen LogP contribution in [0.3, 0.4) is 0 Å². The lowest BCUT2D eigenvalue weighted by Gasteiger charge is -2.10. The van der Waals surface area contributed by atoms with Gasteiger partial charge in [-0.1, -0.05) is 6.07 Å². The summed E-state index contributed by atoms with van der Waals surface area (Å²) in [6, 6.07) is 8.07.